The quantitative estimate of drug-likeness (QED) is 0.559. The second-order valence-electron chi connectivity index (χ2n) is 4.71. The van der Waals surface area contributed by atoms with Gasteiger partial charge in [0, 0.05) is 6.20 Å². The molecule has 0 fully saturated rings. The lowest BCUT2D eigenvalue weighted by Gasteiger charge is -2.18. The number of aromatic nitrogens is 4. The zero-order chi connectivity index (χ0) is 14.7. The van der Waals surface area contributed by atoms with Gasteiger partial charge in [-0.3, -0.25) is 10.8 Å². The smallest absolute Gasteiger partial charge is 0.107 e. The largest absolute Gasteiger partial charge is 0.270 e. The number of hydrazine groups is 1. The van der Waals surface area contributed by atoms with E-state index < -0.39 is 0 Å². The van der Waals surface area contributed by atoms with E-state index in [2.05, 4.69) is 20.7 Å². The lowest BCUT2D eigenvalue weighted by atomic mass is 10.1. The highest BCUT2D eigenvalue weighted by molar-refractivity contribution is 5.35. The normalized spacial score (nSPS) is 12.3. The van der Waals surface area contributed by atoms with E-state index in [1.165, 1.54) is 0 Å². The van der Waals surface area contributed by atoms with E-state index >= 15 is 0 Å². The Morgan fingerprint density at radius 1 is 1.14 bits per heavy atom. The van der Waals surface area contributed by atoms with E-state index in [1.807, 2.05) is 49.4 Å². The molecule has 0 bridgehead atoms. The second-order valence-corrected chi connectivity index (χ2v) is 4.71. The van der Waals surface area contributed by atoms with Crippen molar-refractivity contribution in [2.45, 2.75) is 13.0 Å². The highest BCUT2D eigenvalue weighted by Gasteiger charge is 2.21. The first-order chi connectivity index (χ1) is 10.3. The number of nitrogens with two attached hydrogens (primary N) is 1. The number of nitrogens with one attached hydrogen (secondary N) is 1. The number of benzene rings is 1. The molecule has 3 rings (SSSR count). The van der Waals surface area contributed by atoms with Crippen molar-refractivity contribution in [1.82, 2.24) is 25.4 Å². The van der Waals surface area contributed by atoms with Crippen LogP contribution in [0.4, 0.5) is 0 Å². The third kappa shape index (κ3) is 2.54. The van der Waals surface area contributed by atoms with Gasteiger partial charge in [0.05, 0.1) is 23.3 Å². The molecule has 0 saturated heterocycles. The molecule has 0 amide bonds. The molecule has 0 saturated carbocycles. The molecular weight excluding hydrogens is 264 g/mol. The summed E-state index contributed by atoms with van der Waals surface area (Å²) >= 11 is 0. The van der Waals surface area contributed by atoms with Gasteiger partial charge >= 0.3 is 0 Å². The molecule has 2 heterocycles. The fraction of sp³-hybridized carbons (Fsp3) is 0.133. The van der Waals surface area contributed by atoms with Crippen molar-refractivity contribution in [3.8, 4) is 5.69 Å². The van der Waals surface area contributed by atoms with Crippen molar-refractivity contribution < 1.29 is 0 Å². The summed E-state index contributed by atoms with van der Waals surface area (Å²) < 4.78 is 1.76. The number of rotatable bonds is 4. The Kier molecular flexibility index (Phi) is 3.72. The summed E-state index contributed by atoms with van der Waals surface area (Å²) in [6.07, 6.45) is 3.45. The number of nitrogens with zero attached hydrogens (tertiary/aromatic N) is 4. The van der Waals surface area contributed by atoms with Crippen LogP contribution in [0.1, 0.15) is 23.0 Å². The van der Waals surface area contributed by atoms with Gasteiger partial charge in [0.25, 0.3) is 0 Å². The van der Waals surface area contributed by atoms with Crippen molar-refractivity contribution in [2.24, 2.45) is 5.84 Å². The SMILES string of the molecule is Cc1cccnc1C(NN)c1cnnn1-c1ccccc1. The Labute approximate surface area is 122 Å². The molecular formula is C15H16N6. The van der Waals surface area contributed by atoms with Crippen LogP contribution >= 0.6 is 0 Å². The van der Waals surface area contributed by atoms with Crippen LogP contribution in [-0.4, -0.2) is 20.0 Å². The van der Waals surface area contributed by atoms with Gasteiger partial charge < -0.3 is 0 Å². The Morgan fingerprint density at radius 2 is 1.95 bits per heavy atom. The Hall–Kier alpha value is -2.57. The van der Waals surface area contributed by atoms with Crippen LogP contribution in [0, 0.1) is 6.92 Å². The standard InChI is InChI=1S/C15H16N6/c1-11-6-5-9-17-14(11)15(19-16)13-10-18-20-21(13)12-7-3-2-4-8-12/h2-10,15,19H,16H2,1H3. The summed E-state index contributed by atoms with van der Waals surface area (Å²) in [5, 5.41) is 8.17. The summed E-state index contributed by atoms with van der Waals surface area (Å²) in [5.41, 5.74) is 6.49. The van der Waals surface area contributed by atoms with Crippen LogP contribution < -0.4 is 11.3 Å². The zero-order valence-electron chi connectivity index (χ0n) is 11.6. The van der Waals surface area contributed by atoms with E-state index in [-0.39, 0.29) is 6.04 Å². The summed E-state index contributed by atoms with van der Waals surface area (Å²) in [5.74, 6) is 5.75. The predicted octanol–water partition coefficient (Wildman–Crippen LogP) is 1.52. The van der Waals surface area contributed by atoms with Gasteiger partial charge in [-0.1, -0.05) is 29.5 Å². The van der Waals surface area contributed by atoms with Crippen molar-refractivity contribution in [2.75, 3.05) is 0 Å². The highest BCUT2D eigenvalue weighted by atomic mass is 15.4. The maximum absolute atomic E-state index is 5.75. The molecule has 1 atom stereocenters. The first-order valence-corrected chi connectivity index (χ1v) is 6.65. The fourth-order valence-electron chi connectivity index (χ4n) is 2.31. The molecule has 2 aromatic heterocycles. The maximum atomic E-state index is 5.75. The molecule has 0 aliphatic carbocycles. The average molecular weight is 280 g/mol. The van der Waals surface area contributed by atoms with Crippen LogP contribution in [0.3, 0.4) is 0 Å². The first-order valence-electron chi connectivity index (χ1n) is 6.65. The van der Waals surface area contributed by atoms with E-state index in [0.29, 0.717) is 0 Å². The van der Waals surface area contributed by atoms with Gasteiger partial charge in [0.2, 0.25) is 0 Å². The van der Waals surface area contributed by atoms with Crippen molar-refractivity contribution >= 4 is 0 Å². The third-order valence-corrected chi connectivity index (χ3v) is 3.36. The van der Waals surface area contributed by atoms with Crippen LogP contribution in [0.5, 0.6) is 0 Å². The summed E-state index contributed by atoms with van der Waals surface area (Å²) in [4.78, 5) is 4.43. The predicted molar refractivity (Wildman–Crippen MR) is 79.5 cm³/mol. The minimum atomic E-state index is -0.276. The topological polar surface area (TPSA) is 81.7 Å². The molecule has 6 nitrogen and oxygen atoms in total. The Bertz CT molecular complexity index is 722. The van der Waals surface area contributed by atoms with E-state index in [9.17, 15) is 0 Å². The number of hydrogen-bond donors (Lipinski definition) is 2. The van der Waals surface area contributed by atoms with Crippen molar-refractivity contribution in [3.63, 3.8) is 0 Å². The molecule has 3 aromatic rings. The van der Waals surface area contributed by atoms with E-state index in [4.69, 9.17) is 5.84 Å². The maximum Gasteiger partial charge on any atom is 0.107 e. The van der Waals surface area contributed by atoms with Gasteiger partial charge in [0.15, 0.2) is 0 Å². The molecule has 0 aliphatic rings. The minimum Gasteiger partial charge on any atom is -0.270 e. The van der Waals surface area contributed by atoms with Gasteiger partial charge in [0.1, 0.15) is 6.04 Å². The van der Waals surface area contributed by atoms with Gasteiger partial charge in [-0.2, -0.15) is 0 Å². The van der Waals surface area contributed by atoms with Crippen molar-refractivity contribution in [1.29, 1.82) is 0 Å². The molecule has 0 radical (unpaired) electrons. The number of hydrogen-bond acceptors (Lipinski definition) is 5. The van der Waals surface area contributed by atoms with Gasteiger partial charge in [-0.15, -0.1) is 5.10 Å². The zero-order valence-corrected chi connectivity index (χ0v) is 11.6. The molecule has 6 heteroatoms. The molecule has 1 unspecified atom stereocenters. The second kappa shape index (κ2) is 5.82. The van der Waals surface area contributed by atoms with Crippen LogP contribution in [-0.2, 0) is 0 Å². The first kappa shape index (κ1) is 13.4. The fourth-order valence-corrected chi connectivity index (χ4v) is 2.31. The van der Waals surface area contributed by atoms with E-state index in [0.717, 1.165) is 22.6 Å². The lowest BCUT2D eigenvalue weighted by molar-refractivity contribution is 0.579. The van der Waals surface area contributed by atoms with Crippen LogP contribution in [0.15, 0.2) is 54.9 Å². The van der Waals surface area contributed by atoms with Crippen LogP contribution in [0.2, 0.25) is 0 Å². The monoisotopic (exact) mass is 280 g/mol. The number of para-hydroxylation sites is 1. The lowest BCUT2D eigenvalue weighted by Crippen LogP contribution is -2.31. The minimum absolute atomic E-state index is 0.276. The number of aryl methyl sites for hydroxylation is 1. The van der Waals surface area contributed by atoms with Crippen molar-refractivity contribution in [3.05, 3.63) is 71.8 Å². The summed E-state index contributed by atoms with van der Waals surface area (Å²) in [6, 6.07) is 13.4. The van der Waals surface area contributed by atoms with Gasteiger partial charge in [-0.25, -0.2) is 10.1 Å². The molecule has 0 aliphatic heterocycles. The molecule has 106 valence electrons. The molecule has 0 spiro atoms. The third-order valence-electron chi connectivity index (χ3n) is 3.36. The number of pyridine rings is 1. The van der Waals surface area contributed by atoms with Crippen LogP contribution in [0.25, 0.3) is 5.69 Å². The Balaban J connectivity index is 2.08. The summed E-state index contributed by atoms with van der Waals surface area (Å²) in [6.45, 7) is 2.00. The highest BCUT2D eigenvalue weighted by Crippen LogP contribution is 2.23. The Morgan fingerprint density at radius 3 is 2.67 bits per heavy atom. The van der Waals surface area contributed by atoms with E-state index in [1.54, 1.807) is 17.1 Å². The average Bonchev–Trinajstić information content (AvgIpc) is 3.00. The molecule has 21 heavy (non-hydrogen) atoms. The molecule has 3 N–H and O–H groups in total. The molecule has 1 aromatic carbocycles. The van der Waals surface area contributed by atoms with Gasteiger partial charge in [-0.05, 0) is 30.7 Å². The summed E-state index contributed by atoms with van der Waals surface area (Å²) in [7, 11) is 0.